The highest BCUT2D eigenvalue weighted by Gasteiger charge is 2.16. The van der Waals surface area contributed by atoms with Crippen LogP contribution in [0.2, 0.25) is 0 Å². The third-order valence-electron chi connectivity index (χ3n) is 3.62. The number of anilines is 1. The van der Waals surface area contributed by atoms with Gasteiger partial charge in [0.1, 0.15) is 5.75 Å². The maximum absolute atomic E-state index is 12.4. The van der Waals surface area contributed by atoms with Crippen molar-refractivity contribution in [2.75, 3.05) is 12.4 Å². The molecule has 0 saturated carbocycles. The quantitative estimate of drug-likeness (QED) is 0.793. The summed E-state index contributed by atoms with van der Waals surface area (Å²) in [6, 6.07) is 13.0. The van der Waals surface area contributed by atoms with Crippen LogP contribution in [0.5, 0.6) is 5.75 Å². The summed E-state index contributed by atoms with van der Waals surface area (Å²) in [6.45, 7) is 3.81. The summed E-state index contributed by atoms with van der Waals surface area (Å²) in [6.07, 6.45) is 0. The normalized spacial score (nSPS) is 10.5. The van der Waals surface area contributed by atoms with E-state index in [1.165, 1.54) is 0 Å². The lowest BCUT2D eigenvalue weighted by Crippen LogP contribution is -2.13. The van der Waals surface area contributed by atoms with Gasteiger partial charge >= 0.3 is 6.01 Å². The fourth-order valence-corrected chi connectivity index (χ4v) is 2.35. The van der Waals surface area contributed by atoms with Crippen molar-refractivity contribution in [2.24, 2.45) is 0 Å². The molecule has 0 bridgehead atoms. The monoisotopic (exact) mass is 323 g/mol. The zero-order valence-corrected chi connectivity index (χ0v) is 13.7. The molecule has 2 aromatic carbocycles. The number of aryl methyl sites for hydroxylation is 2. The Balaban J connectivity index is 1.84. The maximum atomic E-state index is 12.4. The van der Waals surface area contributed by atoms with Gasteiger partial charge < -0.3 is 9.15 Å². The molecule has 1 aromatic heterocycles. The number of nitrogens with one attached hydrogen (secondary N) is 1. The number of carbonyl (C=O) groups is 1. The number of methoxy groups -OCH3 is 1. The smallest absolute Gasteiger partial charge is 0.322 e. The number of ether oxygens (including phenoxy) is 1. The highest BCUT2D eigenvalue weighted by molar-refractivity contribution is 6.04. The molecule has 6 heteroatoms. The zero-order chi connectivity index (χ0) is 17.1. The van der Waals surface area contributed by atoms with Crippen LogP contribution < -0.4 is 10.1 Å². The average molecular weight is 323 g/mol. The highest BCUT2D eigenvalue weighted by atomic mass is 16.5. The van der Waals surface area contributed by atoms with Gasteiger partial charge in [-0.1, -0.05) is 34.9 Å². The first-order valence-corrected chi connectivity index (χ1v) is 7.44. The number of hydrogen-bond donors (Lipinski definition) is 1. The van der Waals surface area contributed by atoms with Crippen LogP contribution in [0.15, 0.2) is 46.9 Å². The minimum atomic E-state index is -0.286. The van der Waals surface area contributed by atoms with Crippen molar-refractivity contribution in [2.45, 2.75) is 13.8 Å². The maximum Gasteiger partial charge on any atom is 0.322 e. The predicted molar refractivity (Wildman–Crippen MR) is 90.2 cm³/mol. The van der Waals surface area contributed by atoms with Crippen molar-refractivity contribution in [1.82, 2.24) is 10.2 Å². The van der Waals surface area contributed by atoms with Gasteiger partial charge in [0.05, 0.1) is 12.7 Å². The van der Waals surface area contributed by atoms with Crippen LogP contribution in [0.25, 0.3) is 11.5 Å². The second kappa shape index (κ2) is 6.54. The Hall–Kier alpha value is -3.15. The number of carbonyl (C=O) groups excluding carboxylic acids is 1. The third-order valence-corrected chi connectivity index (χ3v) is 3.62. The van der Waals surface area contributed by atoms with Crippen LogP contribution in [0.3, 0.4) is 0 Å². The van der Waals surface area contributed by atoms with Crippen molar-refractivity contribution in [3.8, 4) is 17.2 Å². The van der Waals surface area contributed by atoms with Gasteiger partial charge in [-0.25, -0.2) is 0 Å². The molecule has 1 heterocycles. The van der Waals surface area contributed by atoms with E-state index in [1.54, 1.807) is 13.2 Å². The number of benzene rings is 2. The number of nitrogens with zero attached hydrogens (tertiary/aromatic N) is 2. The molecule has 0 saturated heterocycles. The molecule has 0 aliphatic carbocycles. The Morgan fingerprint density at radius 3 is 2.71 bits per heavy atom. The molecule has 0 atom stereocenters. The van der Waals surface area contributed by atoms with E-state index in [0.29, 0.717) is 16.9 Å². The van der Waals surface area contributed by atoms with Gasteiger partial charge in [-0.05, 0) is 37.6 Å². The summed E-state index contributed by atoms with van der Waals surface area (Å²) >= 11 is 0. The van der Waals surface area contributed by atoms with Gasteiger partial charge in [-0.3, -0.25) is 10.1 Å². The van der Waals surface area contributed by atoms with Crippen molar-refractivity contribution in [3.05, 3.63) is 59.2 Å². The first-order valence-electron chi connectivity index (χ1n) is 7.44. The molecule has 1 amide bonds. The van der Waals surface area contributed by atoms with Gasteiger partial charge in [0.2, 0.25) is 0 Å². The Bertz CT molecular complexity index is 887. The standard InChI is InChI=1S/C18H17N3O3/c1-11-8-9-12(2)14(10-11)16(22)19-18-21-20-17(24-18)13-6-4-5-7-15(13)23-3/h4-10H,1-3H3,(H,19,21,22). The minimum absolute atomic E-state index is 0.0433. The minimum Gasteiger partial charge on any atom is -0.496 e. The molecule has 0 spiro atoms. The first kappa shape index (κ1) is 15.7. The van der Waals surface area contributed by atoms with E-state index in [-0.39, 0.29) is 17.8 Å². The summed E-state index contributed by atoms with van der Waals surface area (Å²) in [4.78, 5) is 12.4. The Morgan fingerprint density at radius 1 is 1.12 bits per heavy atom. The largest absolute Gasteiger partial charge is 0.496 e. The SMILES string of the molecule is COc1ccccc1-c1nnc(NC(=O)c2cc(C)ccc2C)o1. The fourth-order valence-electron chi connectivity index (χ4n) is 2.35. The number of para-hydroxylation sites is 1. The van der Waals surface area contributed by atoms with Crippen LogP contribution in [0, 0.1) is 13.8 Å². The molecule has 0 fully saturated rings. The average Bonchev–Trinajstić information content (AvgIpc) is 3.05. The molecule has 6 nitrogen and oxygen atoms in total. The van der Waals surface area contributed by atoms with Gasteiger partial charge in [-0.15, -0.1) is 5.10 Å². The van der Waals surface area contributed by atoms with Gasteiger partial charge in [0, 0.05) is 5.56 Å². The Kier molecular flexibility index (Phi) is 4.29. The Morgan fingerprint density at radius 2 is 1.92 bits per heavy atom. The van der Waals surface area contributed by atoms with Crippen LogP contribution in [0.4, 0.5) is 6.01 Å². The van der Waals surface area contributed by atoms with Crippen LogP contribution in [-0.4, -0.2) is 23.2 Å². The van der Waals surface area contributed by atoms with Crippen molar-refractivity contribution < 1.29 is 13.9 Å². The van der Waals surface area contributed by atoms with Crippen molar-refractivity contribution in [1.29, 1.82) is 0 Å². The molecular formula is C18H17N3O3. The number of amides is 1. The first-order chi connectivity index (χ1) is 11.6. The van der Waals surface area contributed by atoms with E-state index >= 15 is 0 Å². The lowest BCUT2D eigenvalue weighted by Gasteiger charge is -2.06. The third kappa shape index (κ3) is 3.12. The van der Waals surface area contributed by atoms with E-state index in [1.807, 2.05) is 50.2 Å². The van der Waals surface area contributed by atoms with E-state index in [2.05, 4.69) is 15.5 Å². The summed E-state index contributed by atoms with van der Waals surface area (Å²) < 4.78 is 10.8. The van der Waals surface area contributed by atoms with Crippen molar-refractivity contribution in [3.63, 3.8) is 0 Å². The topological polar surface area (TPSA) is 77.3 Å². The number of hydrogen-bond acceptors (Lipinski definition) is 5. The molecule has 24 heavy (non-hydrogen) atoms. The zero-order valence-electron chi connectivity index (χ0n) is 13.7. The number of aromatic nitrogens is 2. The molecule has 3 aromatic rings. The second-order valence-electron chi connectivity index (χ2n) is 5.39. The molecule has 0 radical (unpaired) electrons. The summed E-state index contributed by atoms with van der Waals surface area (Å²) in [5, 5.41) is 10.5. The molecule has 122 valence electrons. The molecule has 0 aliphatic rings. The summed E-state index contributed by atoms with van der Waals surface area (Å²) in [5.41, 5.74) is 3.13. The van der Waals surface area contributed by atoms with Crippen LogP contribution >= 0.6 is 0 Å². The van der Waals surface area contributed by atoms with Crippen LogP contribution in [-0.2, 0) is 0 Å². The second-order valence-corrected chi connectivity index (χ2v) is 5.39. The molecule has 1 N–H and O–H groups in total. The predicted octanol–water partition coefficient (Wildman–Crippen LogP) is 3.61. The summed E-state index contributed by atoms with van der Waals surface area (Å²) in [7, 11) is 1.57. The van der Waals surface area contributed by atoms with E-state index in [9.17, 15) is 4.79 Å². The molecule has 0 unspecified atom stereocenters. The van der Waals surface area contributed by atoms with Gasteiger partial charge in [0.15, 0.2) is 0 Å². The Labute approximate surface area is 139 Å². The molecule has 3 rings (SSSR count). The molecule has 0 aliphatic heterocycles. The van der Waals surface area contributed by atoms with E-state index in [0.717, 1.165) is 11.1 Å². The van der Waals surface area contributed by atoms with E-state index < -0.39 is 0 Å². The van der Waals surface area contributed by atoms with Crippen LogP contribution in [0.1, 0.15) is 21.5 Å². The molecular weight excluding hydrogens is 306 g/mol. The van der Waals surface area contributed by atoms with Crippen molar-refractivity contribution >= 4 is 11.9 Å². The lowest BCUT2D eigenvalue weighted by atomic mass is 10.1. The fraction of sp³-hybridized carbons (Fsp3) is 0.167. The van der Waals surface area contributed by atoms with E-state index in [4.69, 9.17) is 9.15 Å². The lowest BCUT2D eigenvalue weighted by molar-refractivity contribution is 0.102. The van der Waals surface area contributed by atoms with Gasteiger partial charge in [-0.2, -0.15) is 0 Å². The van der Waals surface area contributed by atoms with Gasteiger partial charge in [0.25, 0.3) is 11.8 Å². The highest BCUT2D eigenvalue weighted by Crippen LogP contribution is 2.29. The summed E-state index contributed by atoms with van der Waals surface area (Å²) in [5.74, 6) is 0.615. The number of rotatable bonds is 4.